The number of aryl methyl sites for hydroxylation is 2. The van der Waals surface area contributed by atoms with Crippen molar-refractivity contribution in [2.45, 2.75) is 89.2 Å². The Kier molecular flexibility index (Phi) is 13.6. The smallest absolute Gasteiger partial charge is 0.104 e. The fourth-order valence-corrected chi connectivity index (χ4v) is 14.6. The monoisotopic (exact) mass is 1070 g/mol. The average Bonchev–Trinajstić information content (AvgIpc) is 4.07. The fraction of sp³-hybridized carbons (Fsp3) is 0.222. The van der Waals surface area contributed by atoms with Crippen LogP contribution in [0.1, 0.15) is 110 Å². The lowest BCUT2D eigenvalue weighted by Gasteiger charge is -2.30. The van der Waals surface area contributed by atoms with Crippen LogP contribution in [0.3, 0.4) is 0 Å². The third-order valence-corrected chi connectivity index (χ3v) is 19.9. The number of thiocarbonyl (C=S) groups is 1. The number of hydrogen-bond donors (Lipinski definition) is 0. The van der Waals surface area contributed by atoms with Gasteiger partial charge in [-0.3, -0.25) is 0 Å². The molecule has 386 valence electrons. The zero-order chi connectivity index (χ0) is 53.9. The number of fused-ring (bicyclic) bond motifs is 7. The summed E-state index contributed by atoms with van der Waals surface area (Å²) in [5.74, 6) is 0.161. The van der Waals surface area contributed by atoms with Crippen LogP contribution in [0.2, 0.25) is 0 Å². The van der Waals surface area contributed by atoms with Crippen LogP contribution < -0.4 is 9.80 Å². The lowest BCUT2D eigenvalue weighted by Crippen LogP contribution is -2.19. The number of nitriles is 1. The van der Waals surface area contributed by atoms with Crippen molar-refractivity contribution in [2.24, 2.45) is 5.41 Å². The molecule has 9 aromatic carbocycles. The van der Waals surface area contributed by atoms with Crippen molar-refractivity contribution in [1.29, 1.82) is 5.26 Å². The zero-order valence-electron chi connectivity index (χ0n) is 45.7. The molecule has 0 aliphatic heterocycles. The van der Waals surface area contributed by atoms with Crippen molar-refractivity contribution < 1.29 is 0 Å². The number of anilines is 6. The molecule has 0 N–H and O–H groups in total. The van der Waals surface area contributed by atoms with Crippen molar-refractivity contribution in [2.75, 3.05) is 16.1 Å². The van der Waals surface area contributed by atoms with Crippen LogP contribution in [-0.2, 0) is 23.7 Å². The van der Waals surface area contributed by atoms with Crippen LogP contribution in [0.4, 0.5) is 34.1 Å². The Labute approximate surface area is 476 Å². The summed E-state index contributed by atoms with van der Waals surface area (Å²) >= 11 is 9.36. The lowest BCUT2D eigenvalue weighted by atomic mass is 9.76. The van der Waals surface area contributed by atoms with Crippen LogP contribution >= 0.6 is 35.7 Å². The molecule has 0 heterocycles. The predicted octanol–water partition coefficient (Wildman–Crippen LogP) is 20.5. The van der Waals surface area contributed by atoms with Gasteiger partial charge >= 0.3 is 0 Å². The molecule has 3 aliphatic rings. The van der Waals surface area contributed by atoms with Gasteiger partial charge in [-0.05, 0) is 202 Å². The summed E-state index contributed by atoms with van der Waals surface area (Å²) in [7, 11) is 0. The Morgan fingerprint density at radius 1 is 0.513 bits per heavy atom. The molecule has 2 atom stereocenters. The SMILES string of the molecule is CSC(=S)SC(CC(CC(C)(C)C#N)c1ccc2c(c1)C(C)(C)c1cc(N(c3ccccc3)c3ccc(-c4ccc(N(c5ccccc5)c5ccc6c(c5)C(C)(C)c5ccccc5-6)cc4)cc3)ccc1-2)c1ccc2c(c1)CC2. The van der Waals surface area contributed by atoms with Gasteiger partial charge in [-0.1, -0.05) is 185 Å². The van der Waals surface area contributed by atoms with Gasteiger partial charge in [0.15, 0.2) is 0 Å². The van der Waals surface area contributed by atoms with E-state index >= 15 is 0 Å². The van der Waals surface area contributed by atoms with Gasteiger partial charge in [0.05, 0.1) is 11.5 Å². The first-order chi connectivity index (χ1) is 37.7. The highest BCUT2D eigenvalue weighted by Crippen LogP contribution is 2.54. The first-order valence-corrected chi connectivity index (χ1v) is 29.9. The normalized spacial score (nSPS) is 14.8. The maximum absolute atomic E-state index is 10.4. The molecule has 78 heavy (non-hydrogen) atoms. The van der Waals surface area contributed by atoms with Crippen LogP contribution in [0.5, 0.6) is 0 Å². The topological polar surface area (TPSA) is 30.3 Å². The summed E-state index contributed by atoms with van der Waals surface area (Å²) in [6.07, 6.45) is 6.06. The van der Waals surface area contributed by atoms with E-state index in [1.807, 2.05) is 11.8 Å². The van der Waals surface area contributed by atoms with Gasteiger partial charge in [-0.2, -0.15) is 5.26 Å². The molecule has 3 nitrogen and oxygen atoms in total. The molecule has 6 heteroatoms. The molecule has 0 aromatic heterocycles. The van der Waals surface area contributed by atoms with Crippen molar-refractivity contribution in [1.82, 2.24) is 0 Å². The molecule has 2 unspecified atom stereocenters. The van der Waals surface area contributed by atoms with Crippen LogP contribution in [0.15, 0.2) is 206 Å². The van der Waals surface area contributed by atoms with E-state index in [0.717, 1.165) is 68.0 Å². The first-order valence-electron chi connectivity index (χ1n) is 27.4. The van der Waals surface area contributed by atoms with Gasteiger partial charge < -0.3 is 9.80 Å². The molecular weight excluding hydrogens is 1000 g/mol. The van der Waals surface area contributed by atoms with E-state index in [-0.39, 0.29) is 22.0 Å². The van der Waals surface area contributed by atoms with E-state index < -0.39 is 5.41 Å². The highest BCUT2D eigenvalue weighted by atomic mass is 32.2. The standard InChI is InChI=1S/C72H65N3S3/c1-70(2,46-73)45-53(42-68(78-69(76)77-7)52-25-23-49-22-24-50(49)40-52)51-30-37-61-63-39-36-59(44-67(63)72(5,6)65(61)41-51)75(55-18-12-9-13-19-55)57-33-28-48(29-34-57)47-26-31-56(32-27-47)74(54-16-10-8-11-17-54)58-35-38-62-60-20-14-15-21-64(60)71(3,4)66(62)43-58/h8-21,23,25-41,43-44,53,68H,22,24,42,45H2,1-7H3. The first kappa shape index (κ1) is 51.6. The molecule has 0 radical (unpaired) electrons. The van der Waals surface area contributed by atoms with Crippen molar-refractivity contribution in [3.05, 3.63) is 251 Å². The summed E-state index contributed by atoms with van der Waals surface area (Å²) in [6.45, 7) is 13.6. The predicted molar refractivity (Wildman–Crippen MR) is 338 cm³/mol. The second-order valence-electron chi connectivity index (χ2n) is 23.2. The van der Waals surface area contributed by atoms with Gasteiger partial charge in [-0.25, -0.2) is 0 Å². The second kappa shape index (κ2) is 20.6. The molecule has 12 rings (SSSR count). The molecule has 0 bridgehead atoms. The highest BCUT2D eigenvalue weighted by molar-refractivity contribution is 8.47. The summed E-state index contributed by atoms with van der Waals surface area (Å²) in [5, 5.41) is 10.6. The molecule has 0 saturated carbocycles. The zero-order valence-corrected chi connectivity index (χ0v) is 48.1. The third-order valence-electron chi connectivity index (χ3n) is 17.1. The minimum Gasteiger partial charge on any atom is -0.310 e. The quantitative estimate of drug-likeness (QED) is 0.101. The summed E-state index contributed by atoms with van der Waals surface area (Å²) in [6, 6.07) is 79.3. The molecule has 0 amide bonds. The van der Waals surface area contributed by atoms with Crippen LogP contribution in [0.25, 0.3) is 33.4 Å². The molecule has 3 aliphatic carbocycles. The number of hydrogen-bond acceptors (Lipinski definition) is 6. The molecular formula is C72H65N3S3. The Bertz CT molecular complexity index is 3780. The summed E-state index contributed by atoms with van der Waals surface area (Å²) < 4.78 is 0.960. The van der Waals surface area contributed by atoms with Crippen molar-refractivity contribution in [3.63, 3.8) is 0 Å². The minimum atomic E-state index is -0.489. The van der Waals surface area contributed by atoms with Gasteiger partial charge in [-0.15, -0.1) is 11.8 Å². The van der Waals surface area contributed by atoms with Crippen LogP contribution in [0, 0.1) is 16.7 Å². The molecule has 0 fully saturated rings. The number of para-hydroxylation sites is 2. The van der Waals surface area contributed by atoms with E-state index in [2.05, 4.69) is 270 Å². The molecule has 9 aromatic rings. The Morgan fingerprint density at radius 2 is 0.962 bits per heavy atom. The van der Waals surface area contributed by atoms with E-state index in [1.54, 1.807) is 11.8 Å². The number of thioether (sulfide) groups is 2. The summed E-state index contributed by atoms with van der Waals surface area (Å²) in [5.41, 5.74) is 24.4. The van der Waals surface area contributed by atoms with Crippen molar-refractivity contribution >= 4 is 73.4 Å². The van der Waals surface area contributed by atoms with Gasteiger partial charge in [0.2, 0.25) is 0 Å². The van der Waals surface area contributed by atoms with E-state index in [4.69, 9.17) is 12.2 Å². The van der Waals surface area contributed by atoms with Gasteiger partial charge in [0, 0.05) is 50.2 Å². The molecule has 0 saturated heterocycles. The Morgan fingerprint density at radius 3 is 1.47 bits per heavy atom. The fourth-order valence-electron chi connectivity index (χ4n) is 12.7. The Balaban J connectivity index is 0.839. The van der Waals surface area contributed by atoms with Gasteiger partial charge in [0.1, 0.15) is 3.53 Å². The second-order valence-corrected chi connectivity index (χ2v) is 26.4. The molecule has 0 spiro atoms. The Hall–Kier alpha value is -7.14. The van der Waals surface area contributed by atoms with E-state index in [0.29, 0.717) is 0 Å². The number of benzene rings is 9. The maximum Gasteiger partial charge on any atom is 0.104 e. The third kappa shape index (κ3) is 9.48. The summed E-state index contributed by atoms with van der Waals surface area (Å²) in [4.78, 5) is 4.77. The largest absolute Gasteiger partial charge is 0.310 e. The number of rotatable bonds is 14. The van der Waals surface area contributed by atoms with E-state index in [1.165, 1.54) is 73.2 Å². The lowest BCUT2D eigenvalue weighted by molar-refractivity contribution is 0.386. The number of nitrogens with zero attached hydrogens (tertiary/aromatic N) is 3. The average molecular weight is 1070 g/mol. The van der Waals surface area contributed by atoms with E-state index in [9.17, 15) is 5.26 Å². The van der Waals surface area contributed by atoms with Gasteiger partial charge in [0.25, 0.3) is 0 Å². The highest BCUT2D eigenvalue weighted by Gasteiger charge is 2.39. The van der Waals surface area contributed by atoms with Crippen LogP contribution in [-0.4, -0.2) is 9.78 Å². The van der Waals surface area contributed by atoms with Crippen molar-refractivity contribution in [3.8, 4) is 39.4 Å². The maximum atomic E-state index is 10.4. The minimum absolute atomic E-state index is 0.0942.